The Morgan fingerprint density at radius 1 is 0.729 bits per heavy atom. The molecule has 1 fully saturated rings. The number of carbonyl (C=O) groups excluding carboxylic acids is 3. The summed E-state index contributed by atoms with van der Waals surface area (Å²) in [6.45, 7) is 6.33. The van der Waals surface area contributed by atoms with Crippen molar-refractivity contribution >= 4 is 17.7 Å². The first kappa shape index (κ1) is 44.3. The van der Waals surface area contributed by atoms with Gasteiger partial charge in [0.05, 0.1) is 12.2 Å². The number of hydrogen-bond donors (Lipinski definition) is 3. The van der Waals surface area contributed by atoms with E-state index in [-0.39, 0.29) is 55.6 Å². The molecule has 0 spiro atoms. The van der Waals surface area contributed by atoms with Gasteiger partial charge in [-0.15, -0.1) is 0 Å². The minimum Gasteiger partial charge on any atom is -0.463 e. The fraction of sp³-hybridized carbons (Fsp3) is 0.875. The topological polar surface area (TPSA) is 130 Å². The number of rotatable bonds is 31. The second kappa shape index (κ2) is 29.0. The van der Waals surface area contributed by atoms with Crippen molar-refractivity contribution in [3.63, 3.8) is 0 Å². The van der Waals surface area contributed by atoms with Crippen LogP contribution in [0.1, 0.15) is 175 Å². The monoisotopic (exact) mass is 681 g/mol. The van der Waals surface area contributed by atoms with Crippen LogP contribution in [0.5, 0.6) is 0 Å². The van der Waals surface area contributed by atoms with E-state index in [0.29, 0.717) is 19.3 Å². The summed E-state index contributed by atoms with van der Waals surface area (Å²) in [5, 5.41) is 30.6. The molecule has 1 saturated carbocycles. The molecule has 1 aliphatic carbocycles. The van der Waals surface area contributed by atoms with E-state index in [1.54, 1.807) is 12.2 Å². The Hall–Kier alpha value is -1.77. The largest absolute Gasteiger partial charge is 0.463 e. The summed E-state index contributed by atoms with van der Waals surface area (Å²) >= 11 is 0. The zero-order valence-electron chi connectivity index (χ0n) is 30.9. The lowest BCUT2D eigenvalue weighted by molar-refractivity contribution is -0.152. The van der Waals surface area contributed by atoms with E-state index in [2.05, 4.69) is 20.8 Å². The number of hydrogen-bond acceptors (Lipinski definition) is 8. The number of carbonyl (C=O) groups is 3. The molecule has 0 aliphatic heterocycles. The van der Waals surface area contributed by atoms with Crippen molar-refractivity contribution in [2.75, 3.05) is 13.2 Å². The first-order valence-corrected chi connectivity index (χ1v) is 19.7. The van der Waals surface area contributed by atoms with E-state index in [4.69, 9.17) is 9.47 Å². The van der Waals surface area contributed by atoms with Crippen LogP contribution in [0.3, 0.4) is 0 Å². The number of ether oxygens (including phenoxy) is 2. The van der Waals surface area contributed by atoms with Gasteiger partial charge in [0.1, 0.15) is 25.1 Å². The maximum Gasteiger partial charge on any atom is 0.305 e. The predicted molar refractivity (Wildman–Crippen MR) is 192 cm³/mol. The molecule has 0 amide bonds. The number of aliphatic hydroxyl groups excluding tert-OH is 3. The number of allylic oxidation sites excluding steroid dienone is 1. The molecule has 0 aromatic heterocycles. The highest BCUT2D eigenvalue weighted by Crippen LogP contribution is 2.34. The van der Waals surface area contributed by atoms with Crippen LogP contribution < -0.4 is 0 Å². The van der Waals surface area contributed by atoms with Crippen LogP contribution in [-0.2, 0) is 23.9 Å². The van der Waals surface area contributed by atoms with Gasteiger partial charge in [-0.05, 0) is 37.5 Å². The number of unbranched alkanes of at least 4 members (excludes halogenated alkanes) is 15. The number of ketones is 1. The molecule has 8 nitrogen and oxygen atoms in total. The quantitative estimate of drug-likeness (QED) is 0.0377. The second-order valence-electron chi connectivity index (χ2n) is 14.7. The zero-order chi connectivity index (χ0) is 35.4. The molecule has 0 bridgehead atoms. The molecule has 48 heavy (non-hydrogen) atoms. The third-order valence-corrected chi connectivity index (χ3v) is 9.59. The minimum atomic E-state index is -1.03. The Morgan fingerprint density at radius 3 is 1.73 bits per heavy atom. The van der Waals surface area contributed by atoms with Gasteiger partial charge in [-0.25, -0.2) is 0 Å². The average Bonchev–Trinajstić information content (AvgIpc) is 3.32. The SMILES string of the molecule is CCCCC[C@H](O)/C=C/[C@H]1C(=O)C[C@H](O)[C@@H]1CCCCCCC(=O)OC[C@@H](O)COC(=O)CCCCCCCCCCCCCC(C)C. The van der Waals surface area contributed by atoms with Crippen LogP contribution in [0.4, 0.5) is 0 Å². The van der Waals surface area contributed by atoms with Crippen molar-refractivity contribution in [1.29, 1.82) is 0 Å². The van der Waals surface area contributed by atoms with Crippen LogP contribution in [-0.4, -0.2) is 64.6 Å². The van der Waals surface area contributed by atoms with Crippen molar-refractivity contribution in [3.05, 3.63) is 12.2 Å². The maximum absolute atomic E-state index is 12.4. The Labute approximate surface area is 292 Å². The van der Waals surface area contributed by atoms with E-state index >= 15 is 0 Å². The summed E-state index contributed by atoms with van der Waals surface area (Å²) in [5.74, 6) is -0.327. The summed E-state index contributed by atoms with van der Waals surface area (Å²) in [4.78, 5) is 36.5. The van der Waals surface area contributed by atoms with Crippen LogP contribution in [0.15, 0.2) is 12.2 Å². The Kier molecular flexibility index (Phi) is 26.7. The van der Waals surface area contributed by atoms with Crippen molar-refractivity contribution in [2.24, 2.45) is 17.8 Å². The van der Waals surface area contributed by atoms with Gasteiger partial charge >= 0.3 is 11.9 Å². The highest BCUT2D eigenvalue weighted by Gasteiger charge is 2.39. The molecule has 1 aliphatic rings. The molecule has 0 aromatic rings. The predicted octanol–water partition coefficient (Wildman–Crippen LogP) is 8.57. The molecule has 3 N–H and O–H groups in total. The van der Waals surface area contributed by atoms with E-state index in [1.807, 2.05) is 0 Å². The van der Waals surface area contributed by atoms with Gasteiger partial charge < -0.3 is 24.8 Å². The first-order chi connectivity index (χ1) is 23.1. The summed E-state index contributed by atoms with van der Waals surface area (Å²) < 4.78 is 10.3. The smallest absolute Gasteiger partial charge is 0.305 e. The third-order valence-electron chi connectivity index (χ3n) is 9.59. The molecular formula is C40H72O8. The first-order valence-electron chi connectivity index (χ1n) is 19.7. The Balaban J connectivity index is 2.02. The van der Waals surface area contributed by atoms with Gasteiger partial charge in [-0.1, -0.05) is 142 Å². The highest BCUT2D eigenvalue weighted by molar-refractivity contribution is 5.86. The molecule has 0 heterocycles. The molecule has 8 heteroatoms. The molecule has 0 saturated heterocycles. The number of esters is 2. The van der Waals surface area contributed by atoms with Crippen LogP contribution in [0, 0.1) is 17.8 Å². The molecule has 0 unspecified atom stereocenters. The summed E-state index contributed by atoms with van der Waals surface area (Å²) in [6.07, 6.45) is 24.6. The zero-order valence-corrected chi connectivity index (χ0v) is 30.9. The molecule has 1 rings (SSSR count). The van der Waals surface area contributed by atoms with Crippen molar-refractivity contribution in [3.8, 4) is 0 Å². The molecule has 0 radical (unpaired) electrons. The van der Waals surface area contributed by atoms with Gasteiger partial charge in [0, 0.05) is 25.2 Å². The highest BCUT2D eigenvalue weighted by atomic mass is 16.6. The normalized spacial score (nSPS) is 19.3. The van der Waals surface area contributed by atoms with Crippen molar-refractivity contribution in [1.82, 2.24) is 0 Å². The Bertz CT molecular complexity index is 856. The molecule has 5 atom stereocenters. The van der Waals surface area contributed by atoms with Crippen molar-refractivity contribution in [2.45, 2.75) is 193 Å². The molecular weight excluding hydrogens is 608 g/mol. The summed E-state index contributed by atoms with van der Waals surface area (Å²) in [5.41, 5.74) is 0. The molecule has 280 valence electrons. The van der Waals surface area contributed by atoms with Crippen molar-refractivity contribution < 1.29 is 39.2 Å². The van der Waals surface area contributed by atoms with Gasteiger partial charge in [0.25, 0.3) is 0 Å². The van der Waals surface area contributed by atoms with Crippen LogP contribution in [0.2, 0.25) is 0 Å². The number of Topliss-reactive ketones (excluding diaryl/α,β-unsaturated/α-hetero) is 1. The maximum atomic E-state index is 12.4. The lowest BCUT2D eigenvalue weighted by Gasteiger charge is -2.19. The van der Waals surface area contributed by atoms with Gasteiger partial charge in [0.2, 0.25) is 0 Å². The third kappa shape index (κ3) is 23.6. The standard InChI is InChI=1S/C40H72O8/c1-4-5-17-23-33(41)27-28-36-35(37(43)29-38(36)44)24-19-15-16-21-26-40(46)48-31-34(42)30-47-39(45)25-20-14-12-10-8-6-7-9-11-13-18-22-32(2)3/h27-28,32-37,41-43H,4-26,29-31H2,1-3H3/b28-27+/t33-,34-,35+,36+,37-/m0/s1. The van der Waals surface area contributed by atoms with Crippen LogP contribution in [0.25, 0.3) is 0 Å². The van der Waals surface area contributed by atoms with E-state index < -0.39 is 18.3 Å². The lowest BCUT2D eigenvalue weighted by atomic mass is 9.88. The number of aliphatic hydroxyl groups is 3. The van der Waals surface area contributed by atoms with E-state index in [1.165, 1.54) is 57.8 Å². The van der Waals surface area contributed by atoms with E-state index in [9.17, 15) is 29.7 Å². The van der Waals surface area contributed by atoms with E-state index in [0.717, 1.165) is 70.1 Å². The second-order valence-corrected chi connectivity index (χ2v) is 14.7. The lowest BCUT2D eigenvalue weighted by Crippen LogP contribution is -2.25. The van der Waals surface area contributed by atoms with Gasteiger partial charge in [0.15, 0.2) is 0 Å². The average molecular weight is 681 g/mol. The molecule has 0 aromatic carbocycles. The van der Waals surface area contributed by atoms with Crippen LogP contribution >= 0.6 is 0 Å². The Morgan fingerprint density at radius 2 is 1.21 bits per heavy atom. The summed E-state index contributed by atoms with van der Waals surface area (Å²) in [7, 11) is 0. The fourth-order valence-electron chi connectivity index (χ4n) is 6.53. The van der Waals surface area contributed by atoms with Gasteiger partial charge in [-0.3, -0.25) is 14.4 Å². The minimum absolute atomic E-state index is 0.0360. The summed E-state index contributed by atoms with van der Waals surface area (Å²) in [6, 6.07) is 0. The van der Waals surface area contributed by atoms with Gasteiger partial charge in [-0.2, -0.15) is 0 Å². The fourth-order valence-corrected chi connectivity index (χ4v) is 6.53.